The number of fused-ring (bicyclic) bond motifs is 5. The Hall–Kier alpha value is -1.44. The van der Waals surface area contributed by atoms with Crippen LogP contribution in [0.2, 0.25) is 0 Å². The lowest BCUT2D eigenvalue weighted by Crippen LogP contribution is -2.60. The van der Waals surface area contributed by atoms with Crippen LogP contribution in [0.3, 0.4) is 0 Å². The number of phosphoric acid groups is 1. The zero-order valence-corrected chi connectivity index (χ0v) is 17.9. The van der Waals surface area contributed by atoms with Gasteiger partial charge in [0.1, 0.15) is 18.0 Å². The maximum absolute atomic E-state index is 13.4. The zero-order valence-electron chi connectivity index (χ0n) is 17.0. The van der Waals surface area contributed by atoms with Crippen LogP contribution in [0.25, 0.3) is 0 Å². The average molecular weight is 438 g/mol. The highest BCUT2D eigenvalue weighted by molar-refractivity contribution is 7.46. The molecule has 4 aliphatic rings. The molecule has 164 valence electrons. The van der Waals surface area contributed by atoms with Crippen molar-refractivity contribution in [3.05, 3.63) is 23.8 Å². The summed E-state index contributed by atoms with van der Waals surface area (Å²) in [5, 5.41) is 11.3. The molecule has 0 aromatic carbocycles. The molecule has 30 heavy (non-hydrogen) atoms. The number of carbonyl (C=O) groups excluding carboxylic acids is 3. The monoisotopic (exact) mass is 438 g/mol. The van der Waals surface area contributed by atoms with E-state index in [4.69, 9.17) is 9.79 Å². The van der Waals surface area contributed by atoms with Crippen LogP contribution in [0.4, 0.5) is 0 Å². The van der Waals surface area contributed by atoms with E-state index >= 15 is 0 Å². The van der Waals surface area contributed by atoms with Crippen molar-refractivity contribution < 1.29 is 38.4 Å². The average Bonchev–Trinajstić information content (AvgIpc) is 2.91. The van der Waals surface area contributed by atoms with Crippen LogP contribution in [0.5, 0.6) is 0 Å². The van der Waals surface area contributed by atoms with Gasteiger partial charge in [0.15, 0.2) is 11.6 Å². The van der Waals surface area contributed by atoms with Gasteiger partial charge in [0, 0.05) is 23.2 Å². The van der Waals surface area contributed by atoms with Crippen LogP contribution < -0.4 is 0 Å². The summed E-state index contributed by atoms with van der Waals surface area (Å²) in [6, 6.07) is 0. The zero-order chi connectivity index (χ0) is 22.1. The smallest absolute Gasteiger partial charge is 0.381 e. The molecule has 3 N–H and O–H groups in total. The van der Waals surface area contributed by atoms with Gasteiger partial charge in [-0.05, 0) is 49.7 Å². The minimum Gasteiger partial charge on any atom is -0.381 e. The van der Waals surface area contributed by atoms with Gasteiger partial charge in [-0.3, -0.25) is 18.9 Å². The van der Waals surface area contributed by atoms with Crippen molar-refractivity contribution in [2.75, 3.05) is 6.61 Å². The molecule has 0 heterocycles. The van der Waals surface area contributed by atoms with Gasteiger partial charge in [0.05, 0.1) is 0 Å². The van der Waals surface area contributed by atoms with Crippen LogP contribution in [0.1, 0.15) is 46.0 Å². The van der Waals surface area contributed by atoms with Gasteiger partial charge < -0.3 is 14.9 Å². The minimum absolute atomic E-state index is 0.00163. The van der Waals surface area contributed by atoms with E-state index in [-0.39, 0.29) is 42.2 Å². The Morgan fingerprint density at radius 3 is 2.63 bits per heavy atom. The van der Waals surface area contributed by atoms with Crippen LogP contribution in [-0.4, -0.2) is 44.5 Å². The molecule has 6 atom stereocenters. The largest absolute Gasteiger partial charge is 0.470 e. The predicted octanol–water partition coefficient (Wildman–Crippen LogP) is 1.88. The Morgan fingerprint density at radius 2 is 1.97 bits per heavy atom. The van der Waals surface area contributed by atoms with E-state index < -0.39 is 36.6 Å². The normalized spacial score (nSPS) is 43.0. The highest BCUT2D eigenvalue weighted by atomic mass is 31.2. The molecule has 8 nitrogen and oxygen atoms in total. The minimum atomic E-state index is -4.85. The van der Waals surface area contributed by atoms with Crippen molar-refractivity contribution in [3.8, 4) is 0 Å². The van der Waals surface area contributed by atoms with Gasteiger partial charge in [-0.1, -0.05) is 25.5 Å². The Labute approximate surface area is 174 Å². The van der Waals surface area contributed by atoms with Crippen LogP contribution in [0, 0.1) is 28.6 Å². The number of hydrogen-bond donors (Lipinski definition) is 3. The predicted molar refractivity (Wildman–Crippen MR) is 105 cm³/mol. The molecule has 0 amide bonds. The second-order valence-corrected chi connectivity index (χ2v) is 10.9. The molecule has 0 bridgehead atoms. The highest BCUT2D eigenvalue weighted by Gasteiger charge is 2.68. The van der Waals surface area contributed by atoms with Gasteiger partial charge in [0.2, 0.25) is 0 Å². The maximum atomic E-state index is 13.4. The fraction of sp³-hybridized carbons (Fsp3) is 0.667. The number of carbonyl (C=O) groups is 3. The molecule has 4 aliphatic carbocycles. The van der Waals surface area contributed by atoms with Gasteiger partial charge in [-0.2, -0.15) is 0 Å². The SMILES string of the molecule is CC12C=CC(=O)C=C1CCC1C2C(=O)CC2(C)C1CCC2(O)C(=O)COP(=O)(O)O. The third-order valence-corrected chi connectivity index (χ3v) is 8.70. The summed E-state index contributed by atoms with van der Waals surface area (Å²) in [4.78, 5) is 55.9. The van der Waals surface area contributed by atoms with E-state index in [9.17, 15) is 24.1 Å². The first-order valence-corrected chi connectivity index (χ1v) is 11.8. The molecule has 0 radical (unpaired) electrons. The summed E-state index contributed by atoms with van der Waals surface area (Å²) < 4.78 is 15.3. The van der Waals surface area contributed by atoms with Crippen LogP contribution >= 0.6 is 7.82 Å². The van der Waals surface area contributed by atoms with E-state index in [1.54, 1.807) is 13.0 Å². The molecule has 0 aromatic heterocycles. The number of aliphatic hydroxyl groups is 1. The lowest BCUT2D eigenvalue weighted by molar-refractivity contribution is -0.168. The molecule has 0 spiro atoms. The molecule has 9 heteroatoms. The molecule has 0 aromatic rings. The molecule has 6 unspecified atom stereocenters. The Morgan fingerprint density at radius 1 is 1.27 bits per heavy atom. The highest BCUT2D eigenvalue weighted by Crippen LogP contribution is 2.66. The van der Waals surface area contributed by atoms with E-state index in [1.165, 1.54) is 6.08 Å². The van der Waals surface area contributed by atoms with Crippen molar-refractivity contribution in [1.82, 2.24) is 0 Å². The number of ketones is 3. The number of phosphoric ester groups is 1. The summed E-state index contributed by atoms with van der Waals surface area (Å²) in [5.74, 6) is -1.36. The summed E-state index contributed by atoms with van der Waals surface area (Å²) >= 11 is 0. The quantitative estimate of drug-likeness (QED) is 0.566. The third-order valence-electron chi connectivity index (χ3n) is 8.23. The molecule has 3 fully saturated rings. The number of hydrogen-bond acceptors (Lipinski definition) is 6. The molecule has 0 aliphatic heterocycles. The molecular formula is C21H27O8P. The van der Waals surface area contributed by atoms with Gasteiger partial charge in [-0.15, -0.1) is 0 Å². The molecule has 0 saturated heterocycles. The lowest BCUT2D eigenvalue weighted by atomic mass is 9.46. The number of rotatable bonds is 4. The summed E-state index contributed by atoms with van der Waals surface area (Å²) in [7, 11) is -4.85. The lowest BCUT2D eigenvalue weighted by Gasteiger charge is -2.56. The van der Waals surface area contributed by atoms with Gasteiger partial charge in [0.25, 0.3) is 0 Å². The first-order valence-electron chi connectivity index (χ1n) is 10.2. The Bertz CT molecular complexity index is 931. The Kier molecular flexibility index (Phi) is 4.92. The topological polar surface area (TPSA) is 138 Å². The van der Waals surface area contributed by atoms with Crippen LogP contribution in [-0.2, 0) is 23.5 Å². The van der Waals surface area contributed by atoms with E-state index in [2.05, 4.69) is 4.52 Å². The van der Waals surface area contributed by atoms with E-state index in [1.807, 2.05) is 13.0 Å². The van der Waals surface area contributed by atoms with Gasteiger partial charge in [-0.25, -0.2) is 4.57 Å². The number of Topliss-reactive ketones (excluding diaryl/α,β-unsaturated/α-hetero) is 2. The maximum Gasteiger partial charge on any atom is 0.470 e. The van der Waals surface area contributed by atoms with Crippen molar-refractivity contribution in [1.29, 1.82) is 0 Å². The number of allylic oxidation sites excluding steroid dienone is 4. The first-order chi connectivity index (χ1) is 13.8. The first kappa shape index (κ1) is 21.8. The molecular weight excluding hydrogens is 411 g/mol. The second-order valence-electron chi connectivity index (χ2n) is 9.62. The Balaban J connectivity index is 1.66. The van der Waals surface area contributed by atoms with Crippen LogP contribution in [0.15, 0.2) is 23.8 Å². The van der Waals surface area contributed by atoms with Crippen molar-refractivity contribution in [2.24, 2.45) is 28.6 Å². The molecule has 4 rings (SSSR count). The second kappa shape index (κ2) is 6.78. The fourth-order valence-electron chi connectivity index (χ4n) is 6.75. The van der Waals surface area contributed by atoms with Crippen molar-refractivity contribution in [3.63, 3.8) is 0 Å². The molecule has 3 saturated carbocycles. The van der Waals surface area contributed by atoms with Gasteiger partial charge >= 0.3 is 7.82 Å². The van der Waals surface area contributed by atoms with Crippen molar-refractivity contribution >= 4 is 25.2 Å². The van der Waals surface area contributed by atoms with E-state index in [0.29, 0.717) is 19.3 Å². The standard InChI is InChI=1S/C21H27O8P/c1-19-7-5-13(22)9-12(19)3-4-14-15-6-8-21(25,17(24)11-29-30(26,27)28)20(15,2)10-16(23)18(14)19/h5,7,9,14-15,18,25H,3-4,6,8,10-11H2,1-2H3,(H2,26,27,28). The summed E-state index contributed by atoms with van der Waals surface area (Å²) in [5.41, 5.74) is -2.47. The van der Waals surface area contributed by atoms with E-state index in [0.717, 1.165) is 5.57 Å². The summed E-state index contributed by atoms with van der Waals surface area (Å²) in [6.07, 6.45) is 7.03. The summed E-state index contributed by atoms with van der Waals surface area (Å²) in [6.45, 7) is 2.82. The van der Waals surface area contributed by atoms with Crippen molar-refractivity contribution in [2.45, 2.75) is 51.6 Å². The third kappa shape index (κ3) is 3.04. The fourth-order valence-corrected chi connectivity index (χ4v) is 7.04.